The van der Waals surface area contributed by atoms with Gasteiger partial charge in [0.1, 0.15) is 17.9 Å². The largest absolute Gasteiger partial charge is 0.354 e. The first-order valence-corrected chi connectivity index (χ1v) is 7.63. The Morgan fingerprint density at radius 1 is 1.43 bits per heavy atom. The lowest BCUT2D eigenvalue weighted by atomic mass is 10.3. The molecule has 1 N–H and O–H groups in total. The van der Waals surface area contributed by atoms with Crippen LogP contribution in [0.4, 0.5) is 5.69 Å². The quantitative estimate of drug-likeness (QED) is 0.447. The van der Waals surface area contributed by atoms with Crippen LogP contribution in [0, 0.1) is 24.0 Å². The van der Waals surface area contributed by atoms with Gasteiger partial charge in [0.05, 0.1) is 4.92 Å². The molecule has 126 valence electrons. The molecule has 2 heterocycles. The lowest BCUT2D eigenvalue weighted by Gasteiger charge is -2.15. The lowest BCUT2D eigenvalue weighted by molar-refractivity contribution is -0.386. The van der Waals surface area contributed by atoms with Crippen LogP contribution in [0.15, 0.2) is 0 Å². The van der Waals surface area contributed by atoms with Crippen LogP contribution in [-0.2, 0) is 16.1 Å². The summed E-state index contributed by atoms with van der Waals surface area (Å²) in [7, 11) is 0. The van der Waals surface area contributed by atoms with E-state index in [1.807, 2.05) is 0 Å². The fraction of sp³-hybridized carbons (Fsp3) is 0.643. The molecule has 9 heteroatoms. The van der Waals surface area contributed by atoms with E-state index in [0.717, 1.165) is 13.0 Å². The van der Waals surface area contributed by atoms with Crippen molar-refractivity contribution in [3.8, 4) is 0 Å². The van der Waals surface area contributed by atoms with Crippen molar-refractivity contribution in [3.05, 3.63) is 21.5 Å². The highest BCUT2D eigenvalue weighted by atomic mass is 16.6. The van der Waals surface area contributed by atoms with Gasteiger partial charge < -0.3 is 10.2 Å². The van der Waals surface area contributed by atoms with Gasteiger partial charge in [-0.1, -0.05) is 0 Å². The smallest absolute Gasteiger partial charge is 0.312 e. The van der Waals surface area contributed by atoms with E-state index in [2.05, 4.69) is 10.4 Å². The standard InChI is InChI=1S/C14H21N5O4/c1-10-14(19(22)23)11(2)18(16-10)9-12(20)15-6-4-8-17-7-3-5-13(17)21/h3-9H2,1-2H3,(H,15,20). The fourth-order valence-electron chi connectivity index (χ4n) is 2.74. The van der Waals surface area contributed by atoms with E-state index in [1.54, 1.807) is 18.7 Å². The van der Waals surface area contributed by atoms with Crippen LogP contribution in [0.5, 0.6) is 0 Å². The van der Waals surface area contributed by atoms with Gasteiger partial charge in [-0.3, -0.25) is 24.4 Å². The number of rotatable bonds is 7. The molecule has 9 nitrogen and oxygen atoms in total. The number of amides is 2. The number of likely N-dealkylation sites (tertiary alicyclic amines) is 1. The molecule has 2 amide bonds. The van der Waals surface area contributed by atoms with Crippen molar-refractivity contribution in [2.75, 3.05) is 19.6 Å². The molecule has 2 rings (SSSR count). The van der Waals surface area contributed by atoms with Gasteiger partial charge >= 0.3 is 5.69 Å². The number of nitrogens with one attached hydrogen (secondary N) is 1. The van der Waals surface area contributed by atoms with Crippen molar-refractivity contribution in [1.82, 2.24) is 20.0 Å². The Morgan fingerprint density at radius 2 is 2.17 bits per heavy atom. The second-order valence-corrected chi connectivity index (χ2v) is 5.62. The van der Waals surface area contributed by atoms with Crippen molar-refractivity contribution in [3.63, 3.8) is 0 Å². The highest BCUT2D eigenvalue weighted by Gasteiger charge is 2.23. The molecule has 23 heavy (non-hydrogen) atoms. The summed E-state index contributed by atoms with van der Waals surface area (Å²) in [6, 6.07) is 0. The maximum Gasteiger partial charge on any atom is 0.312 e. The van der Waals surface area contributed by atoms with E-state index >= 15 is 0 Å². The van der Waals surface area contributed by atoms with Crippen LogP contribution >= 0.6 is 0 Å². The molecule has 0 spiro atoms. The van der Waals surface area contributed by atoms with Crippen LogP contribution in [0.3, 0.4) is 0 Å². The van der Waals surface area contributed by atoms with Gasteiger partial charge in [-0.05, 0) is 26.7 Å². The molecule has 0 radical (unpaired) electrons. The molecule has 1 saturated heterocycles. The van der Waals surface area contributed by atoms with Crippen molar-refractivity contribution in [2.24, 2.45) is 0 Å². The highest BCUT2D eigenvalue weighted by molar-refractivity contribution is 5.78. The molecule has 0 unspecified atom stereocenters. The average Bonchev–Trinajstić information content (AvgIpc) is 2.99. The summed E-state index contributed by atoms with van der Waals surface area (Å²) in [4.78, 5) is 35.6. The van der Waals surface area contributed by atoms with Crippen molar-refractivity contribution < 1.29 is 14.5 Å². The number of aryl methyl sites for hydroxylation is 1. The van der Waals surface area contributed by atoms with Gasteiger partial charge in [0.2, 0.25) is 11.8 Å². The van der Waals surface area contributed by atoms with Crippen molar-refractivity contribution in [2.45, 2.75) is 39.7 Å². The third-order valence-electron chi connectivity index (χ3n) is 3.92. The van der Waals surface area contributed by atoms with Crippen LogP contribution in [0.2, 0.25) is 0 Å². The average molecular weight is 323 g/mol. The van der Waals surface area contributed by atoms with Gasteiger partial charge in [-0.15, -0.1) is 0 Å². The molecular weight excluding hydrogens is 302 g/mol. The van der Waals surface area contributed by atoms with Gasteiger partial charge in [-0.25, -0.2) is 0 Å². The minimum absolute atomic E-state index is 0.0506. The predicted molar refractivity (Wildman–Crippen MR) is 81.8 cm³/mol. The zero-order chi connectivity index (χ0) is 17.0. The minimum Gasteiger partial charge on any atom is -0.354 e. The Kier molecular flexibility index (Phi) is 5.30. The predicted octanol–water partition coefficient (Wildman–Crippen LogP) is 0.537. The maximum atomic E-state index is 11.9. The normalized spacial score (nSPS) is 14.3. The second kappa shape index (κ2) is 7.21. The monoisotopic (exact) mass is 323 g/mol. The molecule has 0 saturated carbocycles. The number of carbonyl (C=O) groups is 2. The summed E-state index contributed by atoms with van der Waals surface area (Å²) in [6.45, 7) is 4.97. The summed E-state index contributed by atoms with van der Waals surface area (Å²) in [6.07, 6.45) is 2.21. The van der Waals surface area contributed by atoms with E-state index in [1.165, 1.54) is 4.68 Å². The number of carbonyl (C=O) groups excluding carboxylic acids is 2. The van der Waals surface area contributed by atoms with Crippen LogP contribution in [0.25, 0.3) is 0 Å². The first-order valence-electron chi connectivity index (χ1n) is 7.63. The molecule has 1 aliphatic rings. The van der Waals surface area contributed by atoms with Crippen molar-refractivity contribution in [1.29, 1.82) is 0 Å². The Bertz CT molecular complexity index is 625. The summed E-state index contributed by atoms with van der Waals surface area (Å²) in [5.74, 6) is -0.0791. The first-order chi connectivity index (χ1) is 10.9. The SMILES string of the molecule is Cc1nn(CC(=O)NCCCN2CCCC2=O)c(C)c1[N+](=O)[O-]. The zero-order valence-corrected chi connectivity index (χ0v) is 13.4. The van der Waals surface area contributed by atoms with Gasteiger partial charge in [0, 0.05) is 26.1 Å². The number of hydrogen-bond donors (Lipinski definition) is 1. The molecule has 0 bridgehead atoms. The third-order valence-corrected chi connectivity index (χ3v) is 3.92. The molecule has 1 aliphatic heterocycles. The number of aromatic nitrogens is 2. The number of nitro groups is 1. The topological polar surface area (TPSA) is 110 Å². The molecule has 0 atom stereocenters. The van der Waals surface area contributed by atoms with Crippen LogP contribution in [0.1, 0.15) is 30.7 Å². The third kappa shape index (κ3) is 4.05. The van der Waals surface area contributed by atoms with E-state index < -0.39 is 4.92 Å². The molecule has 1 aromatic heterocycles. The van der Waals surface area contributed by atoms with E-state index in [0.29, 0.717) is 37.3 Å². The summed E-state index contributed by atoms with van der Waals surface area (Å²) in [5, 5.41) is 17.7. The number of hydrogen-bond acceptors (Lipinski definition) is 5. The Labute approximate surface area is 133 Å². The van der Waals surface area contributed by atoms with Crippen LogP contribution in [-0.4, -0.2) is 51.1 Å². The second-order valence-electron chi connectivity index (χ2n) is 5.62. The van der Waals surface area contributed by atoms with Gasteiger partial charge in [0.15, 0.2) is 0 Å². The van der Waals surface area contributed by atoms with Crippen molar-refractivity contribution >= 4 is 17.5 Å². The molecule has 0 aromatic carbocycles. The van der Waals surface area contributed by atoms with Gasteiger partial charge in [-0.2, -0.15) is 5.10 Å². The summed E-state index contributed by atoms with van der Waals surface area (Å²) >= 11 is 0. The Balaban J connectivity index is 1.78. The lowest BCUT2D eigenvalue weighted by Crippen LogP contribution is -2.32. The Morgan fingerprint density at radius 3 is 2.74 bits per heavy atom. The summed E-state index contributed by atoms with van der Waals surface area (Å²) in [5.41, 5.74) is 0.614. The zero-order valence-electron chi connectivity index (χ0n) is 13.4. The Hall–Kier alpha value is -2.45. The molecule has 1 aromatic rings. The van der Waals surface area contributed by atoms with E-state index in [-0.39, 0.29) is 24.0 Å². The van der Waals surface area contributed by atoms with Gasteiger partial charge in [0.25, 0.3) is 0 Å². The highest BCUT2D eigenvalue weighted by Crippen LogP contribution is 2.21. The van der Waals surface area contributed by atoms with E-state index in [4.69, 9.17) is 0 Å². The molecular formula is C14H21N5O4. The fourth-order valence-corrected chi connectivity index (χ4v) is 2.74. The maximum absolute atomic E-state index is 11.9. The molecule has 1 fully saturated rings. The molecule has 0 aliphatic carbocycles. The van der Waals surface area contributed by atoms with E-state index in [9.17, 15) is 19.7 Å². The minimum atomic E-state index is -0.487. The number of nitrogens with zero attached hydrogens (tertiary/aromatic N) is 4. The van der Waals surface area contributed by atoms with Crippen LogP contribution < -0.4 is 5.32 Å². The summed E-state index contributed by atoms with van der Waals surface area (Å²) < 4.78 is 1.34. The first kappa shape index (κ1) is 16.9.